The van der Waals surface area contributed by atoms with Crippen LogP contribution in [0.3, 0.4) is 0 Å². The molecule has 0 amide bonds. The minimum atomic E-state index is 0.114. The molecule has 0 heterocycles. The fourth-order valence-electron chi connectivity index (χ4n) is 1.38. The number of nitrogens with two attached hydrogens (primary N) is 1. The highest BCUT2D eigenvalue weighted by Gasteiger charge is 2.11. The van der Waals surface area contributed by atoms with Crippen molar-refractivity contribution in [3.8, 4) is 11.5 Å². The molecule has 5 heteroatoms. The maximum atomic E-state index is 8.73. The Morgan fingerprint density at radius 2 is 2.12 bits per heavy atom. The Kier molecular flexibility index (Phi) is 6.32. The summed E-state index contributed by atoms with van der Waals surface area (Å²) in [6.07, 6.45) is 0.594. The summed E-state index contributed by atoms with van der Waals surface area (Å²) in [6.45, 7) is 3.51. The molecule has 0 bridgehead atoms. The van der Waals surface area contributed by atoms with Crippen molar-refractivity contribution in [3.63, 3.8) is 0 Å². The average molecular weight is 304 g/mol. The Morgan fingerprint density at radius 3 is 2.71 bits per heavy atom. The van der Waals surface area contributed by atoms with Gasteiger partial charge in [-0.15, -0.1) is 0 Å². The van der Waals surface area contributed by atoms with Crippen molar-refractivity contribution < 1.29 is 14.6 Å². The van der Waals surface area contributed by atoms with E-state index in [0.29, 0.717) is 37.7 Å². The van der Waals surface area contributed by atoms with Crippen molar-refractivity contribution in [2.24, 2.45) is 5.73 Å². The van der Waals surface area contributed by atoms with Crippen LogP contribution >= 0.6 is 15.9 Å². The maximum absolute atomic E-state index is 8.73. The summed E-state index contributed by atoms with van der Waals surface area (Å²) in [7, 11) is 0. The number of benzene rings is 1. The molecule has 0 unspecified atom stereocenters. The summed E-state index contributed by atoms with van der Waals surface area (Å²) in [5.41, 5.74) is 6.59. The first-order valence-electron chi connectivity index (χ1n) is 5.61. The van der Waals surface area contributed by atoms with E-state index in [1.54, 1.807) is 0 Å². The van der Waals surface area contributed by atoms with Gasteiger partial charge in [0.2, 0.25) is 0 Å². The van der Waals surface area contributed by atoms with Crippen LogP contribution in [0.15, 0.2) is 16.6 Å². The predicted molar refractivity (Wildman–Crippen MR) is 70.4 cm³/mol. The molecule has 1 rings (SSSR count). The van der Waals surface area contributed by atoms with Crippen LogP contribution in [-0.2, 0) is 6.54 Å². The molecule has 1 aromatic rings. The van der Waals surface area contributed by atoms with Gasteiger partial charge in [0, 0.05) is 19.6 Å². The smallest absolute Gasteiger partial charge is 0.175 e. The Bertz CT molecular complexity index is 358. The lowest BCUT2D eigenvalue weighted by atomic mass is 10.2. The van der Waals surface area contributed by atoms with E-state index in [0.717, 1.165) is 10.0 Å². The van der Waals surface area contributed by atoms with Gasteiger partial charge in [-0.25, -0.2) is 0 Å². The zero-order valence-corrected chi connectivity index (χ0v) is 11.5. The van der Waals surface area contributed by atoms with Crippen LogP contribution in [-0.4, -0.2) is 24.9 Å². The van der Waals surface area contributed by atoms with Crippen molar-refractivity contribution in [3.05, 3.63) is 22.2 Å². The van der Waals surface area contributed by atoms with Gasteiger partial charge in [0.1, 0.15) is 0 Å². The molecule has 0 spiro atoms. The molecule has 0 aliphatic rings. The second-order valence-electron chi connectivity index (χ2n) is 3.47. The number of hydrogen-bond donors (Lipinski definition) is 2. The van der Waals surface area contributed by atoms with Crippen LogP contribution in [0.2, 0.25) is 0 Å². The van der Waals surface area contributed by atoms with Crippen molar-refractivity contribution in [1.29, 1.82) is 0 Å². The fourth-order valence-corrected chi connectivity index (χ4v) is 1.98. The van der Waals surface area contributed by atoms with E-state index in [4.69, 9.17) is 20.3 Å². The molecule has 0 aromatic heterocycles. The standard InChI is InChI=1S/C12H18BrNO3/c1-2-16-11-7-9(8-14)6-10(13)12(11)17-5-3-4-15/h6-7,15H,2-5,8,14H2,1H3. The molecule has 0 fully saturated rings. The van der Waals surface area contributed by atoms with E-state index in [-0.39, 0.29) is 6.61 Å². The van der Waals surface area contributed by atoms with E-state index >= 15 is 0 Å². The number of hydrogen-bond acceptors (Lipinski definition) is 4. The van der Waals surface area contributed by atoms with E-state index in [1.807, 2.05) is 19.1 Å². The lowest BCUT2D eigenvalue weighted by Gasteiger charge is -2.14. The van der Waals surface area contributed by atoms with Gasteiger partial charge in [0.15, 0.2) is 11.5 Å². The van der Waals surface area contributed by atoms with Gasteiger partial charge in [0.05, 0.1) is 17.7 Å². The third-order valence-corrected chi connectivity index (χ3v) is 2.74. The Hall–Kier alpha value is -0.780. The van der Waals surface area contributed by atoms with Gasteiger partial charge in [-0.2, -0.15) is 0 Å². The van der Waals surface area contributed by atoms with Crippen LogP contribution in [0, 0.1) is 0 Å². The Labute approximate surface area is 110 Å². The first kappa shape index (κ1) is 14.3. The summed E-state index contributed by atoms with van der Waals surface area (Å²) < 4.78 is 11.9. The van der Waals surface area contributed by atoms with Gasteiger partial charge in [-0.1, -0.05) is 0 Å². The van der Waals surface area contributed by atoms with Crippen molar-refractivity contribution in [2.45, 2.75) is 19.9 Å². The fraction of sp³-hybridized carbons (Fsp3) is 0.500. The molecule has 0 aliphatic heterocycles. The lowest BCUT2D eigenvalue weighted by molar-refractivity contribution is 0.224. The predicted octanol–water partition coefficient (Wildman–Crippen LogP) is 2.07. The topological polar surface area (TPSA) is 64.7 Å². The zero-order valence-electron chi connectivity index (χ0n) is 9.91. The number of halogens is 1. The minimum Gasteiger partial charge on any atom is -0.490 e. The highest BCUT2D eigenvalue weighted by molar-refractivity contribution is 9.10. The summed E-state index contributed by atoms with van der Waals surface area (Å²) >= 11 is 3.44. The molecule has 0 aliphatic carbocycles. The van der Waals surface area contributed by atoms with E-state index in [2.05, 4.69) is 15.9 Å². The molecule has 17 heavy (non-hydrogen) atoms. The number of rotatable bonds is 7. The summed E-state index contributed by atoms with van der Waals surface area (Å²) in [5.74, 6) is 1.35. The first-order chi connectivity index (χ1) is 8.22. The molecule has 0 atom stereocenters. The molecule has 1 aromatic carbocycles. The highest BCUT2D eigenvalue weighted by atomic mass is 79.9. The van der Waals surface area contributed by atoms with Gasteiger partial charge in [-0.05, 0) is 40.5 Å². The highest BCUT2D eigenvalue weighted by Crippen LogP contribution is 2.36. The quantitative estimate of drug-likeness (QED) is 0.757. The third kappa shape index (κ3) is 4.18. The monoisotopic (exact) mass is 303 g/mol. The summed E-state index contributed by atoms with van der Waals surface area (Å²) in [5, 5.41) is 8.73. The van der Waals surface area contributed by atoms with Crippen molar-refractivity contribution in [2.75, 3.05) is 19.8 Å². The van der Waals surface area contributed by atoms with Crippen LogP contribution in [0.1, 0.15) is 18.9 Å². The van der Waals surface area contributed by atoms with Crippen molar-refractivity contribution in [1.82, 2.24) is 0 Å². The number of ether oxygens (including phenoxy) is 2. The average Bonchev–Trinajstić information content (AvgIpc) is 2.32. The molecular weight excluding hydrogens is 286 g/mol. The molecule has 3 N–H and O–H groups in total. The number of aliphatic hydroxyl groups excluding tert-OH is 1. The van der Waals surface area contributed by atoms with Crippen LogP contribution < -0.4 is 15.2 Å². The van der Waals surface area contributed by atoms with Crippen LogP contribution in [0.4, 0.5) is 0 Å². The molecule has 0 radical (unpaired) electrons. The van der Waals surface area contributed by atoms with Crippen molar-refractivity contribution >= 4 is 15.9 Å². The van der Waals surface area contributed by atoms with E-state index in [9.17, 15) is 0 Å². The molecule has 4 nitrogen and oxygen atoms in total. The first-order valence-corrected chi connectivity index (χ1v) is 6.41. The molecule has 96 valence electrons. The second-order valence-corrected chi connectivity index (χ2v) is 4.32. The van der Waals surface area contributed by atoms with Crippen LogP contribution in [0.5, 0.6) is 11.5 Å². The third-order valence-electron chi connectivity index (χ3n) is 2.15. The molecule has 0 saturated carbocycles. The van der Waals surface area contributed by atoms with Gasteiger partial charge in [-0.3, -0.25) is 0 Å². The Morgan fingerprint density at radius 1 is 1.35 bits per heavy atom. The normalized spacial score (nSPS) is 10.4. The van der Waals surface area contributed by atoms with Gasteiger partial charge >= 0.3 is 0 Å². The van der Waals surface area contributed by atoms with E-state index < -0.39 is 0 Å². The molecular formula is C12H18BrNO3. The summed E-state index contributed by atoms with van der Waals surface area (Å²) in [6, 6.07) is 3.79. The summed E-state index contributed by atoms with van der Waals surface area (Å²) in [4.78, 5) is 0. The largest absolute Gasteiger partial charge is 0.490 e. The number of aliphatic hydroxyl groups is 1. The SMILES string of the molecule is CCOc1cc(CN)cc(Br)c1OCCCO. The zero-order chi connectivity index (χ0) is 12.7. The van der Waals surface area contributed by atoms with Crippen LogP contribution in [0.25, 0.3) is 0 Å². The Balaban J connectivity index is 2.90. The lowest BCUT2D eigenvalue weighted by Crippen LogP contribution is -2.05. The maximum Gasteiger partial charge on any atom is 0.175 e. The van der Waals surface area contributed by atoms with Gasteiger partial charge in [0.25, 0.3) is 0 Å². The van der Waals surface area contributed by atoms with Gasteiger partial charge < -0.3 is 20.3 Å². The molecule has 0 saturated heterocycles. The minimum absolute atomic E-state index is 0.114. The second kappa shape index (κ2) is 7.53. The van der Waals surface area contributed by atoms with E-state index in [1.165, 1.54) is 0 Å².